The second-order valence-electron chi connectivity index (χ2n) is 5.79. The lowest BCUT2D eigenvalue weighted by atomic mass is 10.0. The van der Waals surface area contributed by atoms with E-state index in [1.165, 1.54) is 37.5 Å². The van der Waals surface area contributed by atoms with Crippen LogP contribution in [0.5, 0.6) is 0 Å². The zero-order valence-electron chi connectivity index (χ0n) is 11.0. The van der Waals surface area contributed by atoms with Gasteiger partial charge >= 0.3 is 0 Å². The van der Waals surface area contributed by atoms with Gasteiger partial charge in [0.05, 0.1) is 6.04 Å². The smallest absolute Gasteiger partial charge is 0.130 e. The Kier molecular flexibility index (Phi) is 3.54. The van der Waals surface area contributed by atoms with Crippen molar-refractivity contribution in [1.29, 1.82) is 0 Å². The molecule has 0 aromatic heterocycles. The highest BCUT2D eigenvalue weighted by Crippen LogP contribution is 2.41. The summed E-state index contributed by atoms with van der Waals surface area (Å²) in [5.41, 5.74) is 5.94. The van der Waals surface area contributed by atoms with Crippen LogP contribution < -0.4 is 5.73 Å². The summed E-state index contributed by atoms with van der Waals surface area (Å²) in [5, 5.41) is 0. The highest BCUT2D eigenvalue weighted by molar-refractivity contribution is 5.24. The van der Waals surface area contributed by atoms with Gasteiger partial charge in [-0.15, -0.1) is 0 Å². The minimum Gasteiger partial charge on any atom is -0.329 e. The largest absolute Gasteiger partial charge is 0.329 e. The lowest BCUT2D eigenvalue weighted by Gasteiger charge is -2.28. The third-order valence-corrected chi connectivity index (χ3v) is 4.75. The van der Waals surface area contributed by atoms with Gasteiger partial charge < -0.3 is 5.73 Å². The van der Waals surface area contributed by atoms with Gasteiger partial charge in [0.15, 0.2) is 0 Å². The first-order valence-corrected chi connectivity index (χ1v) is 7.08. The van der Waals surface area contributed by atoms with Crippen LogP contribution in [0.15, 0.2) is 18.2 Å². The molecule has 2 nitrogen and oxygen atoms in total. The normalized spacial score (nSPS) is 28.6. The molecule has 1 aromatic rings. The van der Waals surface area contributed by atoms with Gasteiger partial charge in [0.1, 0.15) is 11.6 Å². The van der Waals surface area contributed by atoms with Crippen LogP contribution in [0.2, 0.25) is 0 Å². The third-order valence-electron chi connectivity index (χ3n) is 4.75. The summed E-state index contributed by atoms with van der Waals surface area (Å²) in [4.78, 5) is 2.18. The first-order chi connectivity index (χ1) is 9.20. The molecule has 0 bridgehead atoms. The van der Waals surface area contributed by atoms with Gasteiger partial charge in [-0.2, -0.15) is 0 Å². The van der Waals surface area contributed by atoms with Crippen LogP contribution in [0.25, 0.3) is 0 Å². The molecule has 104 valence electrons. The molecule has 1 heterocycles. The predicted octanol–water partition coefficient (Wildman–Crippen LogP) is 2.70. The molecule has 1 aliphatic carbocycles. The SMILES string of the molecule is NCC(c1c(F)cccc1F)N1CC2CCCC2C1. The topological polar surface area (TPSA) is 29.3 Å². The quantitative estimate of drug-likeness (QED) is 0.911. The Labute approximate surface area is 112 Å². The van der Waals surface area contributed by atoms with E-state index < -0.39 is 11.6 Å². The van der Waals surface area contributed by atoms with Crippen LogP contribution in [0.1, 0.15) is 30.9 Å². The highest BCUT2D eigenvalue weighted by atomic mass is 19.1. The van der Waals surface area contributed by atoms with E-state index in [-0.39, 0.29) is 18.2 Å². The molecule has 1 aromatic carbocycles. The Morgan fingerprint density at radius 1 is 1.16 bits per heavy atom. The molecule has 1 aliphatic heterocycles. The first kappa shape index (κ1) is 13.0. The van der Waals surface area contributed by atoms with Crippen molar-refractivity contribution in [2.24, 2.45) is 17.6 Å². The van der Waals surface area contributed by atoms with Crippen molar-refractivity contribution in [1.82, 2.24) is 4.90 Å². The molecule has 0 radical (unpaired) electrons. The Morgan fingerprint density at radius 3 is 2.26 bits per heavy atom. The standard InChI is InChI=1S/C15H20F2N2/c16-12-5-2-6-13(17)15(12)14(7-18)19-8-10-3-1-4-11(10)9-19/h2,5-6,10-11,14H,1,3-4,7-9,18H2. The fourth-order valence-electron chi connectivity index (χ4n) is 3.80. The van der Waals surface area contributed by atoms with Crippen molar-refractivity contribution >= 4 is 0 Å². The zero-order chi connectivity index (χ0) is 13.4. The number of hydrogen-bond donors (Lipinski definition) is 1. The minimum absolute atomic E-state index is 0.143. The molecule has 4 heteroatoms. The van der Waals surface area contributed by atoms with E-state index in [0.717, 1.165) is 13.1 Å². The monoisotopic (exact) mass is 266 g/mol. The van der Waals surface area contributed by atoms with Crippen LogP contribution in [-0.4, -0.2) is 24.5 Å². The molecule has 3 atom stereocenters. The van der Waals surface area contributed by atoms with Gasteiger partial charge in [-0.25, -0.2) is 8.78 Å². The number of hydrogen-bond acceptors (Lipinski definition) is 2. The number of nitrogens with two attached hydrogens (primary N) is 1. The van der Waals surface area contributed by atoms with Crippen molar-refractivity contribution in [2.45, 2.75) is 25.3 Å². The van der Waals surface area contributed by atoms with E-state index in [0.29, 0.717) is 11.8 Å². The third kappa shape index (κ3) is 2.28. The molecule has 3 unspecified atom stereocenters. The zero-order valence-corrected chi connectivity index (χ0v) is 11.0. The first-order valence-electron chi connectivity index (χ1n) is 7.08. The van der Waals surface area contributed by atoms with Crippen molar-refractivity contribution in [3.8, 4) is 0 Å². The molecule has 2 aliphatic rings. The average molecular weight is 266 g/mol. The molecule has 3 rings (SSSR count). The van der Waals surface area contributed by atoms with E-state index in [4.69, 9.17) is 5.73 Å². The Bertz CT molecular complexity index is 431. The maximum Gasteiger partial charge on any atom is 0.130 e. The van der Waals surface area contributed by atoms with Crippen LogP contribution >= 0.6 is 0 Å². The molecule has 0 amide bonds. The second-order valence-corrected chi connectivity index (χ2v) is 5.79. The maximum atomic E-state index is 13.9. The second kappa shape index (κ2) is 5.17. The van der Waals surface area contributed by atoms with E-state index in [1.807, 2.05) is 0 Å². The summed E-state index contributed by atoms with van der Waals surface area (Å²) in [5.74, 6) is 0.438. The van der Waals surface area contributed by atoms with Crippen molar-refractivity contribution < 1.29 is 8.78 Å². The fraction of sp³-hybridized carbons (Fsp3) is 0.600. The van der Waals surface area contributed by atoms with E-state index in [9.17, 15) is 8.78 Å². The fourth-order valence-corrected chi connectivity index (χ4v) is 3.80. The maximum absolute atomic E-state index is 13.9. The molecular formula is C15H20F2N2. The molecular weight excluding hydrogens is 246 g/mol. The Morgan fingerprint density at radius 2 is 1.74 bits per heavy atom. The van der Waals surface area contributed by atoms with Gasteiger partial charge in [0.2, 0.25) is 0 Å². The van der Waals surface area contributed by atoms with E-state index in [1.54, 1.807) is 0 Å². The van der Waals surface area contributed by atoms with Crippen molar-refractivity contribution in [2.75, 3.05) is 19.6 Å². The molecule has 19 heavy (non-hydrogen) atoms. The Balaban J connectivity index is 1.85. The summed E-state index contributed by atoms with van der Waals surface area (Å²) < 4.78 is 27.8. The van der Waals surface area contributed by atoms with Gasteiger partial charge in [0, 0.05) is 25.2 Å². The number of fused-ring (bicyclic) bond motifs is 1. The summed E-state index contributed by atoms with van der Waals surface area (Å²) in [7, 11) is 0. The van der Waals surface area contributed by atoms with E-state index in [2.05, 4.69) is 4.90 Å². The number of halogens is 2. The summed E-state index contributed by atoms with van der Waals surface area (Å²) in [6.07, 6.45) is 3.79. The molecule has 2 fully saturated rings. The van der Waals surface area contributed by atoms with Crippen LogP contribution in [-0.2, 0) is 0 Å². The molecule has 1 saturated carbocycles. The lowest BCUT2D eigenvalue weighted by Crippen LogP contribution is -2.34. The van der Waals surface area contributed by atoms with Gasteiger partial charge in [-0.05, 0) is 36.8 Å². The predicted molar refractivity (Wildman–Crippen MR) is 70.6 cm³/mol. The molecule has 2 N–H and O–H groups in total. The van der Waals surface area contributed by atoms with E-state index >= 15 is 0 Å². The lowest BCUT2D eigenvalue weighted by molar-refractivity contribution is 0.222. The Hall–Kier alpha value is -1.00. The summed E-state index contributed by atoms with van der Waals surface area (Å²) >= 11 is 0. The van der Waals surface area contributed by atoms with Crippen molar-refractivity contribution in [3.05, 3.63) is 35.4 Å². The summed E-state index contributed by atoms with van der Waals surface area (Å²) in [6.45, 7) is 2.12. The van der Waals surface area contributed by atoms with Gasteiger partial charge in [0.25, 0.3) is 0 Å². The summed E-state index contributed by atoms with van der Waals surface area (Å²) in [6, 6.07) is 3.71. The van der Waals surface area contributed by atoms with Crippen LogP contribution in [0.3, 0.4) is 0 Å². The van der Waals surface area contributed by atoms with Gasteiger partial charge in [-0.3, -0.25) is 4.90 Å². The van der Waals surface area contributed by atoms with Crippen LogP contribution in [0, 0.1) is 23.5 Å². The molecule has 0 spiro atoms. The average Bonchev–Trinajstić information content (AvgIpc) is 2.94. The highest BCUT2D eigenvalue weighted by Gasteiger charge is 2.39. The number of rotatable bonds is 3. The number of benzene rings is 1. The molecule has 1 saturated heterocycles. The number of likely N-dealkylation sites (tertiary alicyclic amines) is 1. The van der Waals surface area contributed by atoms with Gasteiger partial charge in [-0.1, -0.05) is 12.5 Å². The van der Waals surface area contributed by atoms with Crippen molar-refractivity contribution in [3.63, 3.8) is 0 Å². The minimum atomic E-state index is -0.479. The van der Waals surface area contributed by atoms with Crippen LogP contribution in [0.4, 0.5) is 8.78 Å². The number of nitrogens with zero attached hydrogens (tertiary/aromatic N) is 1.